The fraction of sp³-hybridized carbons (Fsp3) is 1.00. The van der Waals surface area contributed by atoms with E-state index in [9.17, 15) is 0 Å². The SMILES string of the molecule is C[N+](C)(C)CCO.C[N+](C)(C)CCO.[Mo+2].[SH-].[SH-].[SH-].[SH-]. The van der Waals surface area contributed by atoms with Crippen LogP contribution in [0.2, 0.25) is 0 Å². The third-order valence-corrected chi connectivity index (χ3v) is 1.54. The van der Waals surface area contributed by atoms with Gasteiger partial charge in [-0.1, -0.05) is 0 Å². The summed E-state index contributed by atoms with van der Waals surface area (Å²) in [6.07, 6.45) is 0. The van der Waals surface area contributed by atoms with Crippen molar-refractivity contribution in [2.45, 2.75) is 0 Å². The average Bonchev–Trinajstić information content (AvgIpc) is 1.81. The molecule has 9 heteroatoms. The summed E-state index contributed by atoms with van der Waals surface area (Å²) in [7, 11) is 12.3. The minimum atomic E-state index is 0. The molecule has 0 atom stereocenters. The van der Waals surface area contributed by atoms with Gasteiger partial charge >= 0.3 is 21.1 Å². The zero-order chi connectivity index (χ0) is 11.8. The number of hydrogen-bond donors (Lipinski definition) is 2. The monoisotopic (exact) mass is 438 g/mol. The molecule has 0 heterocycles. The van der Waals surface area contributed by atoms with E-state index in [1.165, 1.54) is 0 Å². The fourth-order valence-electron chi connectivity index (χ4n) is 0.600. The summed E-state index contributed by atoms with van der Waals surface area (Å²) in [6, 6.07) is 0. The molecule has 0 saturated heterocycles. The van der Waals surface area contributed by atoms with Crippen molar-refractivity contribution in [2.24, 2.45) is 0 Å². The van der Waals surface area contributed by atoms with E-state index in [4.69, 9.17) is 10.2 Å². The average molecular weight is 437 g/mol. The molecule has 0 bridgehead atoms. The van der Waals surface area contributed by atoms with Gasteiger partial charge in [-0.3, -0.25) is 0 Å². The topological polar surface area (TPSA) is 40.5 Å². The third-order valence-electron chi connectivity index (χ3n) is 1.54. The van der Waals surface area contributed by atoms with Crippen molar-refractivity contribution in [3.8, 4) is 0 Å². The molecular formula is C10H32MoN2O2S4. The van der Waals surface area contributed by atoms with Crippen LogP contribution in [0.15, 0.2) is 0 Å². The number of rotatable bonds is 4. The number of likely N-dealkylation sites (N-methyl/N-ethyl adjacent to an activating group) is 2. The predicted molar refractivity (Wildman–Crippen MR) is 95.0 cm³/mol. The fourth-order valence-corrected chi connectivity index (χ4v) is 0.600. The minimum Gasteiger partial charge on any atom is -0.813 e. The molecule has 0 radical (unpaired) electrons. The van der Waals surface area contributed by atoms with Crippen LogP contribution in [0.5, 0.6) is 0 Å². The standard InChI is InChI=1S/2C5H14NO.Mo.4H2S/c2*1-6(2,3)4-5-7;;;;;/h2*7H,4-5H2,1-3H3;;4*1H2/q2*+1;+2;;;;/p-4. The van der Waals surface area contributed by atoms with E-state index in [0.717, 1.165) is 22.1 Å². The Morgan fingerprint density at radius 3 is 0.737 bits per heavy atom. The normalized spacial score (nSPS) is 8.84. The van der Waals surface area contributed by atoms with Gasteiger partial charge in [0.05, 0.1) is 55.5 Å². The van der Waals surface area contributed by atoms with Crippen LogP contribution >= 0.6 is 0 Å². The summed E-state index contributed by atoms with van der Waals surface area (Å²) in [5.74, 6) is 0. The number of aliphatic hydroxyl groups is 2. The maximum atomic E-state index is 8.39. The number of nitrogens with zero attached hydrogens (tertiary/aromatic N) is 2. The summed E-state index contributed by atoms with van der Waals surface area (Å²) in [6.45, 7) is 2.23. The van der Waals surface area contributed by atoms with Gasteiger partial charge < -0.3 is 73.2 Å². The first-order valence-electron chi connectivity index (χ1n) is 4.95. The van der Waals surface area contributed by atoms with E-state index in [1.54, 1.807) is 0 Å². The summed E-state index contributed by atoms with van der Waals surface area (Å²) >= 11 is 0. The van der Waals surface area contributed by atoms with Gasteiger partial charge in [-0.25, -0.2) is 0 Å². The molecule has 0 aliphatic heterocycles. The van der Waals surface area contributed by atoms with Gasteiger partial charge in [0.2, 0.25) is 0 Å². The van der Waals surface area contributed by atoms with Crippen LogP contribution < -0.4 is 0 Å². The molecule has 19 heavy (non-hydrogen) atoms. The largest absolute Gasteiger partial charge is 2.00 e. The zero-order valence-corrected chi connectivity index (χ0v) is 18.4. The Balaban J connectivity index is -0.0000000240. The molecule has 0 amide bonds. The summed E-state index contributed by atoms with van der Waals surface area (Å²) < 4.78 is 1.69. The second kappa shape index (κ2) is 22.2. The Bertz CT molecular complexity index is 128. The summed E-state index contributed by atoms with van der Waals surface area (Å²) in [5, 5.41) is 16.8. The smallest absolute Gasteiger partial charge is 0.813 e. The van der Waals surface area contributed by atoms with Gasteiger partial charge in [-0.2, -0.15) is 0 Å². The second-order valence-electron chi connectivity index (χ2n) is 5.48. The van der Waals surface area contributed by atoms with Crippen LogP contribution in [0.3, 0.4) is 0 Å². The molecule has 2 N–H and O–H groups in total. The van der Waals surface area contributed by atoms with Crippen LogP contribution in [0.4, 0.5) is 0 Å². The van der Waals surface area contributed by atoms with Crippen molar-refractivity contribution in [1.82, 2.24) is 0 Å². The van der Waals surface area contributed by atoms with E-state index in [1.807, 2.05) is 0 Å². The Labute approximate surface area is 162 Å². The minimum absolute atomic E-state index is 0. The van der Waals surface area contributed by atoms with Gasteiger partial charge in [0.15, 0.2) is 0 Å². The maximum absolute atomic E-state index is 8.39. The van der Waals surface area contributed by atoms with Crippen LogP contribution in [0, 0.1) is 0 Å². The van der Waals surface area contributed by atoms with Crippen molar-refractivity contribution in [1.29, 1.82) is 0 Å². The molecule has 0 aromatic rings. The van der Waals surface area contributed by atoms with Crippen molar-refractivity contribution >= 4 is 54.0 Å². The third kappa shape index (κ3) is 65.0. The van der Waals surface area contributed by atoms with Gasteiger partial charge in [0.25, 0.3) is 0 Å². The molecular weight excluding hydrogens is 404 g/mol. The van der Waals surface area contributed by atoms with E-state index in [2.05, 4.69) is 42.3 Å². The van der Waals surface area contributed by atoms with E-state index < -0.39 is 0 Å². The number of thiol groups is 4. The molecule has 0 saturated carbocycles. The molecule has 0 aromatic carbocycles. The quantitative estimate of drug-likeness (QED) is 0.237. The first-order chi connectivity index (χ1) is 6.12. The zero-order valence-electron chi connectivity index (χ0n) is 12.8. The Kier molecular flexibility index (Phi) is 50.1. The molecule has 0 unspecified atom stereocenters. The molecule has 0 rings (SSSR count). The first-order valence-corrected chi connectivity index (χ1v) is 4.95. The van der Waals surface area contributed by atoms with Gasteiger partial charge in [-0.05, 0) is 0 Å². The maximum Gasteiger partial charge on any atom is 2.00 e. The summed E-state index contributed by atoms with van der Waals surface area (Å²) in [5.41, 5.74) is 0. The number of hydrogen-bond acceptors (Lipinski definition) is 6. The molecule has 0 spiro atoms. The predicted octanol–water partition coefficient (Wildman–Crippen LogP) is -1.71. The van der Waals surface area contributed by atoms with Gasteiger partial charge in [0, 0.05) is 0 Å². The van der Waals surface area contributed by atoms with Crippen LogP contribution in [0.1, 0.15) is 0 Å². The number of quaternary nitrogens is 2. The summed E-state index contributed by atoms with van der Waals surface area (Å²) in [4.78, 5) is 0. The Morgan fingerprint density at radius 2 is 0.737 bits per heavy atom. The molecule has 0 fully saturated rings. The first kappa shape index (κ1) is 42.8. The van der Waals surface area contributed by atoms with Crippen LogP contribution in [-0.4, -0.2) is 87.8 Å². The van der Waals surface area contributed by atoms with E-state index in [0.29, 0.717) is 0 Å². The van der Waals surface area contributed by atoms with Crippen molar-refractivity contribution in [3.05, 3.63) is 0 Å². The van der Waals surface area contributed by atoms with Gasteiger partial charge in [-0.15, -0.1) is 0 Å². The van der Waals surface area contributed by atoms with Gasteiger partial charge in [0.1, 0.15) is 13.1 Å². The van der Waals surface area contributed by atoms with Crippen LogP contribution in [-0.2, 0) is 75.0 Å². The van der Waals surface area contributed by atoms with Crippen LogP contribution in [0.25, 0.3) is 0 Å². The van der Waals surface area contributed by atoms with Crippen molar-refractivity contribution < 1.29 is 40.2 Å². The molecule has 4 nitrogen and oxygen atoms in total. The molecule has 0 aromatic heterocycles. The molecule has 0 aliphatic rings. The second-order valence-corrected chi connectivity index (χ2v) is 5.48. The Hall–Kier alpha value is 1.93. The van der Waals surface area contributed by atoms with Crippen molar-refractivity contribution in [2.75, 3.05) is 68.6 Å². The van der Waals surface area contributed by atoms with E-state index >= 15 is 0 Å². The number of aliphatic hydroxyl groups excluding tert-OH is 2. The molecule has 0 aliphatic carbocycles. The van der Waals surface area contributed by atoms with E-state index in [-0.39, 0.29) is 88.3 Å². The molecule has 124 valence electrons. The van der Waals surface area contributed by atoms with Crippen molar-refractivity contribution in [3.63, 3.8) is 0 Å². The Morgan fingerprint density at radius 1 is 0.579 bits per heavy atom.